The Kier molecular flexibility index (Phi) is 24.5. The molecule has 0 saturated carbocycles. The summed E-state index contributed by atoms with van der Waals surface area (Å²) in [6.07, 6.45) is 4.80. The van der Waals surface area contributed by atoms with Crippen LogP contribution in [-0.4, -0.2) is 185 Å². The highest BCUT2D eigenvalue weighted by Crippen LogP contribution is 2.33. The zero-order chi connectivity index (χ0) is 55.6. The van der Waals surface area contributed by atoms with E-state index in [0.717, 1.165) is 34.1 Å². The summed E-state index contributed by atoms with van der Waals surface area (Å²) in [5, 5.41) is 10.7. The van der Waals surface area contributed by atoms with Gasteiger partial charge in [0.05, 0.1) is 64.2 Å². The van der Waals surface area contributed by atoms with Gasteiger partial charge in [-0.05, 0) is 43.5 Å². The molecule has 3 aliphatic rings. The van der Waals surface area contributed by atoms with Crippen LogP contribution in [0.25, 0.3) is 0 Å². The molecule has 0 spiro atoms. The molecule has 414 valence electrons. The summed E-state index contributed by atoms with van der Waals surface area (Å²) in [5.74, 6) is 0.489. The smallest absolute Gasteiger partial charge is 0.278 e. The van der Waals surface area contributed by atoms with Crippen molar-refractivity contribution in [2.24, 2.45) is 0 Å². The first-order valence-electron chi connectivity index (χ1n) is 24.8. The molecule has 0 fully saturated rings. The predicted octanol–water partition coefficient (Wildman–Crippen LogP) is -1.08. The van der Waals surface area contributed by atoms with Crippen molar-refractivity contribution in [3.05, 3.63) is 84.0 Å². The van der Waals surface area contributed by atoms with Crippen molar-refractivity contribution in [3.8, 4) is 11.8 Å². The average molecular weight is 1090 g/mol. The molecule has 6 N–H and O–H groups in total. The first kappa shape index (κ1) is 60.2. The first-order valence-corrected chi connectivity index (χ1v) is 26.3. The van der Waals surface area contributed by atoms with Crippen LogP contribution in [0.4, 0.5) is 11.4 Å². The molecule has 5 rings (SSSR count). The molecular weight excluding hydrogens is 1030 g/mol. The number of fused-ring (bicyclic) bond motifs is 2. The molecule has 0 bridgehead atoms. The molecule has 1 unspecified atom stereocenters. The number of hydrogen-bond acceptors (Lipinski definition) is 16. The Bertz CT molecular complexity index is 2630. The molecule has 0 aliphatic carbocycles. The number of hydrogen-bond donors (Lipinski definition) is 6. The SMILES string of the molecule is O=C(CCN1C(=O)C=CC1=O)NCCCC[C@@H](NC(=O)CCN1C(=O)C=CC1=O)C(=O)NCCOCCOCCOCCOCCC(=O)NCC(C(=O)NCCC(=O)N1c2ccccc2C#Cc2ccccc21)S(=O)(=O)O. The summed E-state index contributed by atoms with van der Waals surface area (Å²) in [7, 11) is -4.95. The van der Waals surface area contributed by atoms with Gasteiger partial charge in [-0.2, -0.15) is 8.42 Å². The molecule has 2 atom stereocenters. The lowest BCUT2D eigenvalue weighted by Gasteiger charge is -2.24. The summed E-state index contributed by atoms with van der Waals surface area (Å²) in [4.78, 5) is 127. The van der Waals surface area contributed by atoms with Gasteiger partial charge in [-0.1, -0.05) is 36.1 Å². The molecule has 3 aliphatic heterocycles. The second kappa shape index (κ2) is 31.4. The number of rotatable bonds is 35. The zero-order valence-electron chi connectivity index (χ0n) is 42.2. The van der Waals surface area contributed by atoms with Gasteiger partial charge < -0.3 is 45.5 Å². The summed E-state index contributed by atoms with van der Waals surface area (Å²) in [6.45, 7) is 0.298. The third-order valence-electron chi connectivity index (χ3n) is 11.6. The van der Waals surface area contributed by atoms with E-state index in [2.05, 4.69) is 38.4 Å². The minimum absolute atomic E-state index is 0.0576. The molecule has 26 heteroatoms. The Balaban J connectivity index is 0.876. The van der Waals surface area contributed by atoms with Gasteiger partial charge in [-0.3, -0.25) is 67.2 Å². The van der Waals surface area contributed by atoms with Crippen LogP contribution in [0, 0.1) is 11.8 Å². The van der Waals surface area contributed by atoms with Crippen LogP contribution in [0.15, 0.2) is 72.8 Å². The standard InChI is InChI=1S/C51H62N8O17S/c60-42(19-25-57-45(63)14-15-46(57)64)52-22-6-5-9-38(56-44(62)20-26-58-47(65)16-17-48(58)66)50(68)54-24-28-74-30-32-76-34-33-75-31-29-73-27-21-43(61)55-35-41(77(70,71)72)51(69)53-23-18-49(67)59-39-10-3-1-7-36(39)12-13-37-8-2-4-11-40(37)59/h1-4,7-8,10-11,14-17,38,41H,5-6,9,18-35H2,(H,52,60)(H,53,69)(H,54,68)(H,55,61)(H,56,62)(H,70,71,72)/t38-,41?/m1/s1. The minimum atomic E-state index is -4.95. The van der Waals surface area contributed by atoms with E-state index in [0.29, 0.717) is 35.3 Å². The first-order chi connectivity index (χ1) is 37.0. The number of ether oxygens (including phenoxy) is 4. The van der Waals surface area contributed by atoms with Crippen molar-refractivity contribution in [1.82, 2.24) is 36.4 Å². The molecule has 0 radical (unpaired) electrons. The number of unbranched alkanes of at least 4 members (excludes halogenated alkanes) is 1. The normalized spacial score (nSPS) is 14.3. The molecule has 2 aromatic rings. The average Bonchev–Trinajstić information content (AvgIpc) is 3.84. The van der Waals surface area contributed by atoms with Crippen LogP contribution in [0.5, 0.6) is 0 Å². The number of carbonyl (C=O) groups excluding carboxylic acids is 10. The van der Waals surface area contributed by atoms with Gasteiger partial charge in [-0.25, -0.2) is 0 Å². The zero-order valence-corrected chi connectivity index (χ0v) is 43.0. The molecule has 0 saturated heterocycles. The van der Waals surface area contributed by atoms with E-state index in [1.54, 1.807) is 48.5 Å². The van der Waals surface area contributed by atoms with Crippen LogP contribution in [0.3, 0.4) is 0 Å². The van der Waals surface area contributed by atoms with Crippen molar-refractivity contribution in [2.75, 3.05) is 97.0 Å². The minimum Gasteiger partial charge on any atom is -0.379 e. The number of nitrogens with one attached hydrogen (secondary N) is 5. The van der Waals surface area contributed by atoms with E-state index in [9.17, 15) is 60.9 Å². The van der Waals surface area contributed by atoms with Gasteiger partial charge in [0.2, 0.25) is 35.4 Å². The Morgan fingerprint density at radius 2 is 1.01 bits per heavy atom. The van der Waals surface area contributed by atoms with Gasteiger partial charge in [0.1, 0.15) is 6.04 Å². The molecule has 0 aromatic heterocycles. The van der Waals surface area contributed by atoms with Crippen molar-refractivity contribution < 1.29 is 79.9 Å². The molecule has 3 heterocycles. The summed E-state index contributed by atoms with van der Waals surface area (Å²) in [6, 6.07) is 13.2. The molecule has 77 heavy (non-hydrogen) atoms. The number of benzene rings is 2. The highest BCUT2D eigenvalue weighted by atomic mass is 32.2. The van der Waals surface area contributed by atoms with Crippen molar-refractivity contribution in [3.63, 3.8) is 0 Å². The highest BCUT2D eigenvalue weighted by Gasteiger charge is 2.32. The van der Waals surface area contributed by atoms with Gasteiger partial charge in [0, 0.05) is 100 Å². The van der Waals surface area contributed by atoms with Crippen molar-refractivity contribution >= 4 is 80.6 Å². The second-order valence-corrected chi connectivity index (χ2v) is 18.7. The fraction of sp³-hybridized carbons (Fsp3) is 0.451. The van der Waals surface area contributed by atoms with E-state index >= 15 is 0 Å². The summed E-state index contributed by atoms with van der Waals surface area (Å²) in [5.41, 5.74) is 2.34. The number of carbonyl (C=O) groups is 10. The van der Waals surface area contributed by atoms with Crippen LogP contribution >= 0.6 is 0 Å². The van der Waals surface area contributed by atoms with E-state index in [-0.39, 0.29) is 124 Å². The second-order valence-electron chi connectivity index (χ2n) is 17.1. The van der Waals surface area contributed by atoms with E-state index < -0.39 is 81.1 Å². The van der Waals surface area contributed by atoms with E-state index in [4.69, 9.17) is 18.9 Å². The Labute approximate surface area is 444 Å². The van der Waals surface area contributed by atoms with Gasteiger partial charge in [0.25, 0.3) is 33.7 Å². The lowest BCUT2D eigenvalue weighted by Crippen LogP contribution is -2.48. The van der Waals surface area contributed by atoms with Crippen LogP contribution in [-0.2, 0) is 77.0 Å². The fourth-order valence-corrected chi connectivity index (χ4v) is 8.23. The number of anilines is 2. The van der Waals surface area contributed by atoms with Gasteiger partial charge >= 0.3 is 0 Å². The summed E-state index contributed by atoms with van der Waals surface area (Å²) < 4.78 is 55.8. The van der Waals surface area contributed by atoms with Crippen molar-refractivity contribution in [1.29, 1.82) is 0 Å². The monoisotopic (exact) mass is 1090 g/mol. The molecular formula is C51H62N8O17S. The maximum atomic E-state index is 13.5. The fourth-order valence-electron chi connectivity index (χ4n) is 7.58. The van der Waals surface area contributed by atoms with E-state index in [1.165, 1.54) is 4.90 Å². The van der Waals surface area contributed by atoms with Crippen LogP contribution in [0.1, 0.15) is 56.1 Å². The largest absolute Gasteiger partial charge is 0.379 e. The number of imide groups is 2. The Hall–Kier alpha value is -7.67. The third-order valence-corrected chi connectivity index (χ3v) is 12.7. The maximum absolute atomic E-state index is 13.5. The highest BCUT2D eigenvalue weighted by molar-refractivity contribution is 7.87. The topological polar surface area (TPSA) is 332 Å². The molecule has 25 nitrogen and oxygen atoms in total. The third kappa shape index (κ3) is 20.1. The van der Waals surface area contributed by atoms with Gasteiger partial charge in [0.15, 0.2) is 5.25 Å². The van der Waals surface area contributed by atoms with Gasteiger partial charge in [-0.15, -0.1) is 0 Å². The van der Waals surface area contributed by atoms with Crippen LogP contribution in [0.2, 0.25) is 0 Å². The summed E-state index contributed by atoms with van der Waals surface area (Å²) >= 11 is 0. The Morgan fingerprint density at radius 3 is 1.56 bits per heavy atom. The van der Waals surface area contributed by atoms with Crippen molar-refractivity contribution in [2.45, 2.75) is 56.2 Å². The number of para-hydroxylation sites is 2. The number of nitrogens with zero attached hydrogens (tertiary/aromatic N) is 3. The van der Waals surface area contributed by atoms with Crippen LogP contribution < -0.4 is 31.5 Å². The molecule has 10 amide bonds. The van der Waals surface area contributed by atoms with E-state index in [1.807, 2.05) is 0 Å². The molecule has 2 aromatic carbocycles. The Morgan fingerprint density at radius 1 is 0.532 bits per heavy atom. The maximum Gasteiger partial charge on any atom is 0.278 e. The quantitative estimate of drug-likeness (QED) is 0.0207. The lowest BCUT2D eigenvalue weighted by molar-refractivity contribution is -0.139. The number of amides is 10. The lowest BCUT2D eigenvalue weighted by atomic mass is 10.1. The predicted molar refractivity (Wildman–Crippen MR) is 273 cm³/mol.